The fraction of sp³-hybridized carbons (Fsp3) is 0. The monoisotopic (exact) mass is 345 g/mol. The number of rotatable bonds is 2. The molecule has 0 spiro atoms. The van der Waals surface area contributed by atoms with Crippen molar-refractivity contribution < 1.29 is 14.1 Å². The molecule has 126 valence electrons. The maximum Gasteiger partial charge on any atom is 0.382 e. The van der Waals surface area contributed by atoms with Crippen LogP contribution >= 0.6 is 0 Å². The van der Waals surface area contributed by atoms with Crippen molar-refractivity contribution in [3.05, 3.63) is 89.0 Å². The van der Waals surface area contributed by atoms with E-state index in [1.807, 2.05) is 36.4 Å². The normalized spacial score (nSPS) is 11.6. The van der Waals surface area contributed by atoms with Gasteiger partial charge in [-0.25, -0.2) is 13.8 Å². The van der Waals surface area contributed by atoms with Crippen LogP contribution in [0.1, 0.15) is 0 Å². The molecule has 26 heavy (non-hydrogen) atoms. The largest absolute Gasteiger partial charge is 0.846 e. The second-order valence-corrected chi connectivity index (χ2v) is 6.03. The van der Waals surface area contributed by atoms with Crippen LogP contribution < -0.4 is 15.2 Å². The maximum absolute atomic E-state index is 14.1. The van der Waals surface area contributed by atoms with E-state index in [1.165, 1.54) is 13.5 Å². The van der Waals surface area contributed by atoms with Crippen LogP contribution in [-0.2, 0) is 0 Å². The second-order valence-electron chi connectivity index (χ2n) is 6.03. The molecule has 0 amide bonds. The molecule has 5 rings (SSSR count). The molecule has 3 aromatic heterocycles. The summed E-state index contributed by atoms with van der Waals surface area (Å²) >= 11 is 0. The highest BCUT2D eigenvalue weighted by Crippen LogP contribution is 2.24. The fourth-order valence-electron chi connectivity index (χ4n) is 3.42. The first-order valence-electron chi connectivity index (χ1n) is 8.09. The van der Waals surface area contributed by atoms with E-state index in [4.69, 9.17) is 0 Å². The lowest BCUT2D eigenvalue weighted by molar-refractivity contribution is -0.627. The number of benzene rings is 2. The number of hydrogen-bond acceptors (Lipinski definition) is 2. The Labute approximate surface area is 146 Å². The van der Waals surface area contributed by atoms with Gasteiger partial charge in [0, 0.05) is 12.1 Å². The van der Waals surface area contributed by atoms with E-state index in [0.717, 1.165) is 12.1 Å². The summed E-state index contributed by atoms with van der Waals surface area (Å²) in [6.07, 6.45) is 0. The fourth-order valence-corrected chi connectivity index (χ4v) is 3.42. The quantitative estimate of drug-likeness (QED) is 0.461. The summed E-state index contributed by atoms with van der Waals surface area (Å²) in [5.41, 5.74) is 1.10. The van der Waals surface area contributed by atoms with Crippen molar-refractivity contribution in [1.29, 1.82) is 0 Å². The number of nitrogens with zero attached hydrogens (tertiary/aromatic N) is 3. The molecule has 0 saturated carbocycles. The van der Waals surface area contributed by atoms with Crippen molar-refractivity contribution in [2.45, 2.75) is 0 Å². The third-order valence-electron chi connectivity index (χ3n) is 4.50. The Balaban J connectivity index is 2.05. The third-order valence-corrected chi connectivity index (χ3v) is 4.50. The van der Waals surface area contributed by atoms with E-state index >= 15 is 0 Å². The van der Waals surface area contributed by atoms with Crippen LogP contribution in [0.3, 0.4) is 0 Å². The molecule has 0 N–H and O–H groups in total. The first kappa shape index (κ1) is 14.7. The smallest absolute Gasteiger partial charge is 0.382 e. The molecule has 3 heterocycles. The Morgan fingerprint density at radius 3 is 2.19 bits per heavy atom. The number of pyridine rings is 1. The molecule has 0 saturated heterocycles. The van der Waals surface area contributed by atoms with E-state index in [-0.39, 0.29) is 22.5 Å². The molecule has 0 bridgehead atoms. The molecule has 5 nitrogen and oxygen atoms in total. The van der Waals surface area contributed by atoms with Gasteiger partial charge in [0.1, 0.15) is 22.7 Å². The Morgan fingerprint density at radius 2 is 1.50 bits per heavy atom. The Hall–Kier alpha value is -3.67. The molecule has 0 fully saturated rings. The summed E-state index contributed by atoms with van der Waals surface area (Å²) < 4.78 is 18.5. The summed E-state index contributed by atoms with van der Waals surface area (Å²) in [6.45, 7) is 0. The average Bonchev–Trinajstić information content (AvgIpc) is 3.11. The molecule has 0 aliphatic carbocycles. The molecule has 6 heteroatoms. The lowest BCUT2D eigenvalue weighted by Gasteiger charge is -2.07. The van der Waals surface area contributed by atoms with Gasteiger partial charge in [-0.3, -0.25) is 0 Å². The van der Waals surface area contributed by atoms with Gasteiger partial charge >= 0.3 is 11.3 Å². The van der Waals surface area contributed by atoms with Gasteiger partial charge in [-0.05, 0) is 24.3 Å². The summed E-state index contributed by atoms with van der Waals surface area (Å²) in [5, 5.41) is 13.0. The third kappa shape index (κ3) is 1.84. The summed E-state index contributed by atoms with van der Waals surface area (Å²) in [4.78, 5) is 13.0. The summed E-state index contributed by atoms with van der Waals surface area (Å²) in [7, 11) is 0. The lowest BCUT2D eigenvalue weighted by Crippen LogP contribution is -2.36. The van der Waals surface area contributed by atoms with Gasteiger partial charge in [0.05, 0.1) is 5.88 Å². The van der Waals surface area contributed by atoms with E-state index in [1.54, 1.807) is 24.3 Å². The topological polar surface area (TPSA) is 53.3 Å². The van der Waals surface area contributed by atoms with Crippen LogP contribution in [0, 0.1) is 5.82 Å². The van der Waals surface area contributed by atoms with Gasteiger partial charge in [-0.2, -0.15) is 8.97 Å². The van der Waals surface area contributed by atoms with E-state index in [0.29, 0.717) is 17.2 Å². The molecule has 0 aliphatic heterocycles. The minimum Gasteiger partial charge on any atom is -0.846 e. The number of para-hydroxylation sites is 2. The van der Waals surface area contributed by atoms with Gasteiger partial charge in [0.15, 0.2) is 5.52 Å². The van der Waals surface area contributed by atoms with Crippen molar-refractivity contribution in [3.8, 4) is 17.3 Å². The van der Waals surface area contributed by atoms with Crippen molar-refractivity contribution in [3.63, 3.8) is 0 Å². The molecule has 0 aliphatic rings. The number of halogens is 1. The predicted octanol–water partition coefficient (Wildman–Crippen LogP) is 2.17. The van der Waals surface area contributed by atoms with Crippen molar-refractivity contribution >= 4 is 16.8 Å². The van der Waals surface area contributed by atoms with Gasteiger partial charge in [0.2, 0.25) is 0 Å². The highest BCUT2D eigenvalue weighted by Gasteiger charge is 2.30. The molecular formula is C20H12FN3O2. The summed E-state index contributed by atoms with van der Waals surface area (Å²) in [6, 6.07) is 20.3. The zero-order valence-electron chi connectivity index (χ0n) is 13.5. The van der Waals surface area contributed by atoms with Crippen LogP contribution in [0.15, 0.2) is 77.6 Å². The predicted molar refractivity (Wildman–Crippen MR) is 92.6 cm³/mol. The number of hydrogen-bond donors (Lipinski definition) is 0. The zero-order chi connectivity index (χ0) is 17.8. The van der Waals surface area contributed by atoms with E-state index < -0.39 is 5.82 Å². The van der Waals surface area contributed by atoms with Crippen molar-refractivity contribution in [2.75, 3.05) is 0 Å². The number of aromatic nitrogens is 3. The van der Waals surface area contributed by atoms with E-state index in [2.05, 4.69) is 0 Å². The Bertz CT molecular complexity index is 1310. The average molecular weight is 345 g/mol. The van der Waals surface area contributed by atoms with Gasteiger partial charge in [0.25, 0.3) is 0 Å². The highest BCUT2D eigenvalue weighted by molar-refractivity contribution is 5.71. The zero-order valence-corrected chi connectivity index (χ0v) is 13.5. The lowest BCUT2D eigenvalue weighted by atomic mass is 10.3. The second kappa shape index (κ2) is 5.16. The molecule has 0 radical (unpaired) electrons. The Morgan fingerprint density at radius 1 is 0.885 bits per heavy atom. The van der Waals surface area contributed by atoms with Gasteiger partial charge in [-0.15, -0.1) is 0 Å². The van der Waals surface area contributed by atoms with Crippen LogP contribution in [0.4, 0.5) is 4.39 Å². The standard InChI is InChI=1S/C20H12FN3O2/c21-13-11-16-18(25)22(14-7-3-1-4-8-14)20-23(15-9-5-2-6-10-15)19(26)17(12-13)24(16)20/h1-12H. The van der Waals surface area contributed by atoms with Gasteiger partial charge < -0.3 is 5.11 Å². The summed E-state index contributed by atoms with van der Waals surface area (Å²) in [5.74, 6) is -0.611. The molecule has 0 atom stereocenters. The van der Waals surface area contributed by atoms with Crippen molar-refractivity contribution in [2.24, 2.45) is 0 Å². The van der Waals surface area contributed by atoms with Crippen LogP contribution in [0.25, 0.3) is 28.2 Å². The molecule has 5 aromatic rings. The number of imidazole rings is 2. The highest BCUT2D eigenvalue weighted by atomic mass is 19.1. The minimum absolute atomic E-state index is 0.130. The molecular weight excluding hydrogens is 333 g/mol. The SMILES string of the molecule is O=c1c2cc(F)cc3c([O-])[n+](-c4ccccc4)c(n1-c1ccccc1)n32. The van der Waals surface area contributed by atoms with Crippen LogP contribution in [-0.4, -0.2) is 8.97 Å². The maximum atomic E-state index is 14.1. The Kier molecular flexibility index (Phi) is 2.91. The van der Waals surface area contributed by atoms with E-state index in [9.17, 15) is 14.3 Å². The van der Waals surface area contributed by atoms with Crippen molar-refractivity contribution in [1.82, 2.24) is 8.97 Å². The van der Waals surface area contributed by atoms with Crippen LogP contribution in [0.5, 0.6) is 5.88 Å². The van der Waals surface area contributed by atoms with Crippen LogP contribution in [0.2, 0.25) is 0 Å². The molecule has 2 aromatic carbocycles. The first-order valence-corrected chi connectivity index (χ1v) is 8.09. The van der Waals surface area contributed by atoms with Gasteiger partial charge in [-0.1, -0.05) is 36.4 Å². The first-order chi connectivity index (χ1) is 12.7. The molecule has 0 unspecified atom stereocenters. The minimum atomic E-state index is -0.614.